The predicted octanol–water partition coefficient (Wildman–Crippen LogP) is 1.12. The molecule has 2 heterocycles. The molecule has 6 nitrogen and oxygen atoms in total. The van der Waals surface area contributed by atoms with Gasteiger partial charge < -0.3 is 4.98 Å². The molecule has 88 valence electrons. The molecule has 2 N–H and O–H groups in total. The van der Waals surface area contributed by atoms with Crippen molar-refractivity contribution < 1.29 is 0 Å². The minimum Gasteiger partial charge on any atom is -0.340 e. The van der Waals surface area contributed by atoms with Gasteiger partial charge in [-0.1, -0.05) is 30.3 Å². The van der Waals surface area contributed by atoms with Crippen LogP contribution in [0.1, 0.15) is 5.56 Å². The average Bonchev–Trinajstić information content (AvgIpc) is 2.90. The number of hydrogen-bond donors (Lipinski definition) is 2. The fourth-order valence-corrected chi connectivity index (χ4v) is 1.62. The number of fused-ring (bicyclic) bond motifs is 1. The number of benzene rings is 1. The van der Waals surface area contributed by atoms with E-state index in [4.69, 9.17) is 5.41 Å². The molecule has 2 aromatic heterocycles. The second-order valence-corrected chi connectivity index (χ2v) is 3.69. The van der Waals surface area contributed by atoms with E-state index in [0.717, 1.165) is 5.56 Å². The topological polar surface area (TPSA) is 82.7 Å². The van der Waals surface area contributed by atoms with Crippen molar-refractivity contribution in [2.45, 2.75) is 0 Å². The second kappa shape index (κ2) is 4.25. The quantitative estimate of drug-likeness (QED) is 0.656. The van der Waals surface area contributed by atoms with Crippen molar-refractivity contribution in [2.24, 2.45) is 5.10 Å². The van der Waals surface area contributed by atoms with Crippen molar-refractivity contribution >= 4 is 17.4 Å². The van der Waals surface area contributed by atoms with Gasteiger partial charge in [0.25, 0.3) is 0 Å². The van der Waals surface area contributed by atoms with Crippen LogP contribution in [-0.2, 0) is 0 Å². The van der Waals surface area contributed by atoms with Gasteiger partial charge in [-0.15, -0.1) is 0 Å². The summed E-state index contributed by atoms with van der Waals surface area (Å²) >= 11 is 0. The average molecular weight is 238 g/mol. The molecule has 0 aliphatic rings. The number of imidazole rings is 1. The van der Waals surface area contributed by atoms with Crippen molar-refractivity contribution in [3.05, 3.63) is 54.0 Å². The molecular formula is C12H10N6. The van der Waals surface area contributed by atoms with Gasteiger partial charge >= 0.3 is 0 Å². The Labute approximate surface area is 102 Å². The maximum absolute atomic E-state index is 7.63. The van der Waals surface area contributed by atoms with Crippen molar-refractivity contribution in [2.75, 3.05) is 0 Å². The van der Waals surface area contributed by atoms with E-state index >= 15 is 0 Å². The van der Waals surface area contributed by atoms with E-state index in [1.165, 1.54) is 17.3 Å². The lowest BCUT2D eigenvalue weighted by Gasteiger charge is -1.99. The van der Waals surface area contributed by atoms with E-state index in [1.807, 2.05) is 30.3 Å². The van der Waals surface area contributed by atoms with Gasteiger partial charge in [-0.25, -0.2) is 14.6 Å². The molecule has 0 bridgehead atoms. The van der Waals surface area contributed by atoms with Crippen LogP contribution in [0.4, 0.5) is 0 Å². The van der Waals surface area contributed by atoms with Crippen molar-refractivity contribution in [1.29, 1.82) is 5.41 Å². The van der Waals surface area contributed by atoms with Crippen molar-refractivity contribution in [1.82, 2.24) is 19.6 Å². The standard InChI is InChI=1S/C12H10N6/c13-11-10-12(15-7-14-10)18(8-16-11)17-6-9-4-2-1-3-5-9/h1-8,13H,(H,14,15). The first-order valence-corrected chi connectivity index (χ1v) is 5.39. The summed E-state index contributed by atoms with van der Waals surface area (Å²) in [5, 5.41) is 11.9. The van der Waals surface area contributed by atoms with Gasteiger partial charge in [0.15, 0.2) is 11.1 Å². The molecule has 6 heteroatoms. The largest absolute Gasteiger partial charge is 0.340 e. The minimum absolute atomic E-state index is 0.161. The summed E-state index contributed by atoms with van der Waals surface area (Å²) in [7, 11) is 0. The molecule has 0 radical (unpaired) electrons. The van der Waals surface area contributed by atoms with Crippen LogP contribution in [0.3, 0.4) is 0 Å². The Morgan fingerprint density at radius 1 is 1.22 bits per heavy atom. The lowest BCUT2D eigenvalue weighted by Crippen LogP contribution is -2.10. The van der Waals surface area contributed by atoms with Crippen LogP contribution in [0.5, 0.6) is 0 Å². The Kier molecular flexibility index (Phi) is 2.45. The van der Waals surface area contributed by atoms with E-state index in [-0.39, 0.29) is 5.49 Å². The normalized spacial score (nSPS) is 11.3. The number of nitrogens with zero attached hydrogens (tertiary/aromatic N) is 4. The molecule has 3 aromatic rings. The monoisotopic (exact) mass is 238 g/mol. The summed E-state index contributed by atoms with van der Waals surface area (Å²) in [5.41, 5.74) is 2.31. The molecule has 0 aliphatic carbocycles. The molecule has 0 saturated carbocycles. The third-order valence-electron chi connectivity index (χ3n) is 2.50. The number of nitrogens with one attached hydrogen (secondary N) is 2. The van der Waals surface area contributed by atoms with Crippen LogP contribution < -0.4 is 5.49 Å². The van der Waals surface area contributed by atoms with Gasteiger partial charge in [0, 0.05) is 0 Å². The van der Waals surface area contributed by atoms with Gasteiger partial charge in [0.1, 0.15) is 11.8 Å². The number of H-pyrrole nitrogens is 1. The fourth-order valence-electron chi connectivity index (χ4n) is 1.62. The second-order valence-electron chi connectivity index (χ2n) is 3.69. The summed E-state index contributed by atoms with van der Waals surface area (Å²) in [6.07, 6.45) is 4.73. The third kappa shape index (κ3) is 1.80. The van der Waals surface area contributed by atoms with Crippen LogP contribution in [-0.4, -0.2) is 25.8 Å². The van der Waals surface area contributed by atoms with Gasteiger partial charge in [0.2, 0.25) is 0 Å². The van der Waals surface area contributed by atoms with E-state index in [1.54, 1.807) is 6.21 Å². The van der Waals surface area contributed by atoms with Crippen LogP contribution in [0, 0.1) is 5.41 Å². The van der Waals surface area contributed by atoms with Crippen molar-refractivity contribution in [3.63, 3.8) is 0 Å². The van der Waals surface area contributed by atoms with Crippen LogP contribution >= 0.6 is 0 Å². The Morgan fingerprint density at radius 2 is 2.06 bits per heavy atom. The molecule has 0 aliphatic heterocycles. The molecule has 0 spiro atoms. The highest BCUT2D eigenvalue weighted by Crippen LogP contribution is 2.02. The van der Waals surface area contributed by atoms with E-state index < -0.39 is 0 Å². The molecule has 0 saturated heterocycles. The fraction of sp³-hybridized carbons (Fsp3) is 0. The first-order valence-electron chi connectivity index (χ1n) is 5.39. The number of hydrogen-bond acceptors (Lipinski definition) is 4. The van der Waals surface area contributed by atoms with Gasteiger partial charge in [0.05, 0.1) is 12.5 Å². The maximum atomic E-state index is 7.63. The number of aromatic nitrogens is 4. The zero-order chi connectivity index (χ0) is 12.4. The highest BCUT2D eigenvalue weighted by molar-refractivity contribution is 5.80. The summed E-state index contributed by atoms with van der Waals surface area (Å²) < 4.78 is 1.54. The first-order chi connectivity index (χ1) is 8.84. The van der Waals surface area contributed by atoms with Crippen LogP contribution in [0.2, 0.25) is 0 Å². The molecule has 0 atom stereocenters. The van der Waals surface area contributed by atoms with E-state index in [0.29, 0.717) is 11.2 Å². The molecule has 0 amide bonds. The smallest absolute Gasteiger partial charge is 0.184 e. The molecular weight excluding hydrogens is 228 g/mol. The zero-order valence-electron chi connectivity index (χ0n) is 9.41. The maximum Gasteiger partial charge on any atom is 0.184 e. The van der Waals surface area contributed by atoms with Crippen LogP contribution in [0.25, 0.3) is 11.2 Å². The Bertz CT molecular complexity index is 753. The first kappa shape index (κ1) is 10.4. The Hall–Kier alpha value is -2.76. The SMILES string of the molecule is N=c1ncn(N=Cc2ccccc2)c2nc[nH]c12. The molecule has 0 fully saturated rings. The van der Waals surface area contributed by atoms with Crippen LogP contribution in [0.15, 0.2) is 48.1 Å². The molecule has 3 rings (SSSR count). The Morgan fingerprint density at radius 3 is 2.89 bits per heavy atom. The summed E-state index contributed by atoms with van der Waals surface area (Å²) in [6.45, 7) is 0. The molecule has 0 unspecified atom stereocenters. The lowest BCUT2D eigenvalue weighted by atomic mass is 10.2. The summed E-state index contributed by atoms with van der Waals surface area (Å²) in [4.78, 5) is 10.9. The van der Waals surface area contributed by atoms with Gasteiger partial charge in [-0.05, 0) is 5.56 Å². The molecule has 1 aromatic carbocycles. The number of aromatic amines is 1. The zero-order valence-corrected chi connectivity index (χ0v) is 9.41. The number of rotatable bonds is 2. The Balaban J connectivity index is 2.06. The summed E-state index contributed by atoms with van der Waals surface area (Å²) in [6, 6.07) is 9.76. The third-order valence-corrected chi connectivity index (χ3v) is 2.50. The van der Waals surface area contributed by atoms with Gasteiger partial charge in [-0.2, -0.15) is 5.10 Å². The van der Waals surface area contributed by atoms with Crippen molar-refractivity contribution in [3.8, 4) is 0 Å². The van der Waals surface area contributed by atoms with E-state index in [9.17, 15) is 0 Å². The highest BCUT2D eigenvalue weighted by atomic mass is 15.4. The lowest BCUT2D eigenvalue weighted by molar-refractivity contribution is 0.852. The van der Waals surface area contributed by atoms with E-state index in [2.05, 4.69) is 20.1 Å². The highest BCUT2D eigenvalue weighted by Gasteiger charge is 2.02. The van der Waals surface area contributed by atoms with Gasteiger partial charge in [-0.3, -0.25) is 5.41 Å². The summed E-state index contributed by atoms with van der Waals surface area (Å²) in [5.74, 6) is 0. The minimum atomic E-state index is 0.161. The predicted molar refractivity (Wildman–Crippen MR) is 67.2 cm³/mol. The molecule has 18 heavy (non-hydrogen) atoms.